The summed E-state index contributed by atoms with van der Waals surface area (Å²) >= 11 is 0. The summed E-state index contributed by atoms with van der Waals surface area (Å²) in [7, 11) is -3.74. The van der Waals surface area contributed by atoms with Crippen LogP contribution in [0.5, 0.6) is 0 Å². The lowest BCUT2D eigenvalue weighted by molar-refractivity contribution is -0.119. The van der Waals surface area contributed by atoms with Crippen LogP contribution in [-0.4, -0.2) is 27.4 Å². The molecule has 0 saturated carbocycles. The van der Waals surface area contributed by atoms with Crippen LogP contribution in [0.2, 0.25) is 0 Å². The fraction of sp³-hybridized carbons (Fsp3) is 0.333. The first kappa shape index (κ1) is 15.1. The van der Waals surface area contributed by atoms with E-state index in [2.05, 4.69) is 10.0 Å². The number of nitrogens with one attached hydrogen (secondary N) is 2. The minimum absolute atomic E-state index is 0.0355. The molecule has 0 bridgehead atoms. The number of benzene rings is 1. The van der Waals surface area contributed by atoms with Gasteiger partial charge in [0.25, 0.3) is 0 Å². The first-order chi connectivity index (χ1) is 8.90. The lowest BCUT2D eigenvalue weighted by atomic mass is 10.1. The van der Waals surface area contributed by atoms with Gasteiger partial charge in [-0.2, -0.15) is 5.26 Å². The normalized spacial score (nSPS) is 10.8. The quantitative estimate of drug-likeness (QED) is 0.809. The molecular weight excluding hydrogens is 266 g/mol. The highest BCUT2D eigenvalue weighted by molar-refractivity contribution is 7.89. The number of carbonyl (C=O) groups is 1. The summed E-state index contributed by atoms with van der Waals surface area (Å²) in [5.41, 5.74) is 0.992. The Labute approximate surface area is 112 Å². The van der Waals surface area contributed by atoms with E-state index in [1.165, 1.54) is 18.2 Å². The van der Waals surface area contributed by atoms with E-state index in [0.717, 1.165) is 0 Å². The van der Waals surface area contributed by atoms with Gasteiger partial charge in [0, 0.05) is 6.54 Å². The first-order valence-electron chi connectivity index (χ1n) is 5.68. The van der Waals surface area contributed by atoms with Gasteiger partial charge in [-0.05, 0) is 37.6 Å². The molecule has 0 fully saturated rings. The molecule has 1 aromatic rings. The second kappa shape index (κ2) is 6.31. The minimum atomic E-state index is -3.74. The van der Waals surface area contributed by atoms with Crippen molar-refractivity contribution in [1.82, 2.24) is 10.0 Å². The monoisotopic (exact) mass is 281 g/mol. The molecule has 1 rings (SSSR count). The van der Waals surface area contributed by atoms with Gasteiger partial charge in [0.2, 0.25) is 15.9 Å². The number of amides is 1. The number of nitrogens with zero attached hydrogens (tertiary/aromatic N) is 1. The fourth-order valence-electron chi connectivity index (χ4n) is 1.43. The van der Waals surface area contributed by atoms with E-state index >= 15 is 0 Å². The highest BCUT2D eigenvalue weighted by Gasteiger charge is 2.16. The van der Waals surface area contributed by atoms with Crippen molar-refractivity contribution in [2.75, 3.05) is 13.1 Å². The molecule has 0 saturated heterocycles. The van der Waals surface area contributed by atoms with Crippen LogP contribution in [0.3, 0.4) is 0 Å². The Balaban J connectivity index is 2.87. The van der Waals surface area contributed by atoms with Gasteiger partial charge in [0.1, 0.15) is 0 Å². The second-order valence-electron chi connectivity index (χ2n) is 3.87. The predicted molar refractivity (Wildman–Crippen MR) is 69.8 cm³/mol. The zero-order chi connectivity index (χ0) is 14.5. The van der Waals surface area contributed by atoms with Crippen molar-refractivity contribution in [3.05, 3.63) is 29.3 Å². The van der Waals surface area contributed by atoms with Crippen molar-refractivity contribution in [2.24, 2.45) is 0 Å². The van der Waals surface area contributed by atoms with Crippen LogP contribution < -0.4 is 10.0 Å². The smallest absolute Gasteiger partial charge is 0.241 e. The molecule has 102 valence electrons. The number of aryl methyl sites for hydroxylation is 1. The van der Waals surface area contributed by atoms with E-state index in [1.54, 1.807) is 13.8 Å². The Morgan fingerprint density at radius 1 is 1.42 bits per heavy atom. The number of likely N-dealkylation sites (N-methyl/N-ethyl adjacent to an activating group) is 1. The van der Waals surface area contributed by atoms with Crippen molar-refractivity contribution in [1.29, 1.82) is 5.26 Å². The van der Waals surface area contributed by atoms with Gasteiger partial charge in [-0.3, -0.25) is 4.79 Å². The maximum Gasteiger partial charge on any atom is 0.241 e. The molecule has 0 aliphatic carbocycles. The number of rotatable bonds is 5. The molecule has 0 unspecified atom stereocenters. The van der Waals surface area contributed by atoms with Gasteiger partial charge >= 0.3 is 0 Å². The molecule has 0 heterocycles. The highest BCUT2D eigenvalue weighted by atomic mass is 32.2. The topological polar surface area (TPSA) is 99.1 Å². The van der Waals surface area contributed by atoms with Gasteiger partial charge in [-0.25, -0.2) is 13.1 Å². The summed E-state index contributed by atoms with van der Waals surface area (Å²) in [5, 5.41) is 11.3. The summed E-state index contributed by atoms with van der Waals surface area (Å²) in [6.45, 7) is 3.53. The van der Waals surface area contributed by atoms with Crippen molar-refractivity contribution in [3.8, 4) is 6.07 Å². The zero-order valence-electron chi connectivity index (χ0n) is 10.7. The van der Waals surface area contributed by atoms with Crippen molar-refractivity contribution < 1.29 is 13.2 Å². The maximum atomic E-state index is 11.9. The third kappa shape index (κ3) is 4.05. The molecule has 19 heavy (non-hydrogen) atoms. The largest absolute Gasteiger partial charge is 0.355 e. The molecule has 6 nitrogen and oxygen atoms in total. The number of hydrogen-bond acceptors (Lipinski definition) is 4. The molecule has 0 spiro atoms. The Morgan fingerprint density at radius 3 is 2.63 bits per heavy atom. The van der Waals surface area contributed by atoms with Crippen molar-refractivity contribution in [3.63, 3.8) is 0 Å². The van der Waals surface area contributed by atoms with Crippen LogP contribution in [0.4, 0.5) is 0 Å². The van der Waals surface area contributed by atoms with Gasteiger partial charge in [0.15, 0.2) is 0 Å². The van der Waals surface area contributed by atoms with E-state index < -0.39 is 15.9 Å². The van der Waals surface area contributed by atoms with Crippen LogP contribution in [0.25, 0.3) is 0 Å². The van der Waals surface area contributed by atoms with E-state index in [0.29, 0.717) is 17.7 Å². The highest BCUT2D eigenvalue weighted by Crippen LogP contribution is 2.14. The zero-order valence-corrected chi connectivity index (χ0v) is 11.5. The van der Waals surface area contributed by atoms with E-state index in [9.17, 15) is 13.2 Å². The molecular formula is C12H15N3O3S. The summed E-state index contributed by atoms with van der Waals surface area (Å²) < 4.78 is 26.0. The molecule has 0 aliphatic heterocycles. The van der Waals surface area contributed by atoms with Crippen LogP contribution in [-0.2, 0) is 14.8 Å². The molecule has 2 N–H and O–H groups in total. The predicted octanol–water partition coefficient (Wildman–Crippen LogP) is 0.281. The minimum Gasteiger partial charge on any atom is -0.355 e. The van der Waals surface area contributed by atoms with E-state index in [-0.39, 0.29) is 11.4 Å². The van der Waals surface area contributed by atoms with Crippen LogP contribution in [0, 0.1) is 18.3 Å². The molecule has 1 aromatic carbocycles. The fourth-order valence-corrected chi connectivity index (χ4v) is 2.50. The first-order valence-corrected chi connectivity index (χ1v) is 7.16. The SMILES string of the molecule is CCNC(=O)CNS(=O)(=O)c1ccc(C#N)c(C)c1. The average Bonchev–Trinajstić information content (AvgIpc) is 2.37. The standard InChI is InChI=1S/C12H15N3O3S/c1-3-14-12(16)8-15-19(17,18)11-5-4-10(7-13)9(2)6-11/h4-6,15H,3,8H2,1-2H3,(H,14,16). The third-order valence-electron chi connectivity index (χ3n) is 2.43. The Bertz CT molecular complexity index is 618. The van der Waals surface area contributed by atoms with Crippen LogP contribution in [0.15, 0.2) is 23.1 Å². The van der Waals surface area contributed by atoms with Gasteiger partial charge in [-0.15, -0.1) is 0 Å². The third-order valence-corrected chi connectivity index (χ3v) is 3.82. The maximum absolute atomic E-state index is 11.9. The Hall–Kier alpha value is -1.91. The number of nitriles is 1. The average molecular weight is 281 g/mol. The van der Waals surface area contributed by atoms with Crippen LogP contribution in [0.1, 0.15) is 18.1 Å². The van der Waals surface area contributed by atoms with Crippen molar-refractivity contribution >= 4 is 15.9 Å². The molecule has 7 heteroatoms. The summed E-state index contributed by atoms with van der Waals surface area (Å²) in [4.78, 5) is 11.2. The lowest BCUT2D eigenvalue weighted by Crippen LogP contribution is -2.36. The summed E-state index contributed by atoms with van der Waals surface area (Å²) in [5.74, 6) is -0.392. The molecule has 1 amide bonds. The molecule has 0 atom stereocenters. The van der Waals surface area contributed by atoms with Gasteiger partial charge < -0.3 is 5.32 Å². The van der Waals surface area contributed by atoms with Gasteiger partial charge in [0.05, 0.1) is 23.1 Å². The second-order valence-corrected chi connectivity index (χ2v) is 5.63. The summed E-state index contributed by atoms with van der Waals surface area (Å²) in [6.07, 6.45) is 0. The Kier molecular flexibility index (Phi) is 5.03. The van der Waals surface area contributed by atoms with E-state index in [1.807, 2.05) is 6.07 Å². The van der Waals surface area contributed by atoms with E-state index in [4.69, 9.17) is 5.26 Å². The summed E-state index contributed by atoms with van der Waals surface area (Å²) in [6, 6.07) is 6.14. The molecule has 0 aliphatic rings. The van der Waals surface area contributed by atoms with Crippen LogP contribution >= 0.6 is 0 Å². The van der Waals surface area contributed by atoms with Crippen molar-refractivity contribution in [2.45, 2.75) is 18.7 Å². The number of sulfonamides is 1. The molecule has 0 radical (unpaired) electrons. The van der Waals surface area contributed by atoms with Gasteiger partial charge in [-0.1, -0.05) is 0 Å². The number of hydrogen-bond donors (Lipinski definition) is 2. The number of carbonyl (C=O) groups excluding carboxylic acids is 1. The lowest BCUT2D eigenvalue weighted by Gasteiger charge is -2.08. The molecule has 0 aromatic heterocycles. The Morgan fingerprint density at radius 2 is 2.11 bits per heavy atom.